The van der Waals surface area contributed by atoms with E-state index >= 15 is 0 Å². The van der Waals surface area contributed by atoms with Crippen LogP contribution in [0.5, 0.6) is 0 Å². The predicted octanol–water partition coefficient (Wildman–Crippen LogP) is 2.83. The van der Waals surface area contributed by atoms with Crippen LogP contribution in [0.15, 0.2) is 37.1 Å². The SMILES string of the molecule is Cc1ccnc(C(F)(F)F)c1.Cn1ccnc1. The van der Waals surface area contributed by atoms with E-state index < -0.39 is 11.9 Å². The number of aryl methyl sites for hydroxylation is 2. The molecule has 0 spiro atoms. The highest BCUT2D eigenvalue weighted by molar-refractivity contribution is 5.16. The van der Waals surface area contributed by atoms with Crippen LogP contribution in [0.1, 0.15) is 11.3 Å². The molecule has 2 aromatic rings. The quantitative estimate of drug-likeness (QED) is 0.712. The lowest BCUT2D eigenvalue weighted by Crippen LogP contribution is -2.07. The van der Waals surface area contributed by atoms with Gasteiger partial charge in [0, 0.05) is 25.6 Å². The van der Waals surface area contributed by atoms with E-state index in [1.807, 2.05) is 17.8 Å². The van der Waals surface area contributed by atoms with Crippen molar-refractivity contribution in [2.45, 2.75) is 13.1 Å². The Bertz CT molecular complexity index is 449. The Kier molecular flexibility index (Phi) is 4.25. The van der Waals surface area contributed by atoms with Crippen LogP contribution >= 0.6 is 0 Å². The summed E-state index contributed by atoms with van der Waals surface area (Å²) in [4.78, 5) is 6.97. The van der Waals surface area contributed by atoms with Crippen LogP contribution in [0, 0.1) is 6.92 Å². The molecule has 0 saturated heterocycles. The first-order chi connectivity index (χ1) is 7.89. The molecule has 0 saturated carbocycles. The molecule has 2 heterocycles. The molecule has 3 nitrogen and oxygen atoms in total. The van der Waals surface area contributed by atoms with Gasteiger partial charge in [-0.05, 0) is 24.6 Å². The number of nitrogens with zero attached hydrogens (tertiary/aromatic N) is 3. The van der Waals surface area contributed by atoms with Crippen LogP contribution in [0.25, 0.3) is 0 Å². The maximum absolute atomic E-state index is 11.9. The fraction of sp³-hybridized carbons (Fsp3) is 0.273. The molecule has 0 N–H and O–H groups in total. The van der Waals surface area contributed by atoms with Crippen LogP contribution in [0.4, 0.5) is 13.2 Å². The second-order valence-corrected chi connectivity index (χ2v) is 3.44. The Labute approximate surface area is 96.9 Å². The number of hydrogen-bond acceptors (Lipinski definition) is 2. The third kappa shape index (κ3) is 4.67. The van der Waals surface area contributed by atoms with E-state index in [0.29, 0.717) is 5.56 Å². The van der Waals surface area contributed by atoms with Crippen molar-refractivity contribution >= 4 is 0 Å². The molecule has 0 atom stereocenters. The van der Waals surface area contributed by atoms with E-state index in [0.717, 1.165) is 12.3 Å². The van der Waals surface area contributed by atoms with Crippen molar-refractivity contribution in [1.82, 2.24) is 14.5 Å². The van der Waals surface area contributed by atoms with E-state index in [1.54, 1.807) is 19.4 Å². The number of rotatable bonds is 0. The average molecular weight is 243 g/mol. The van der Waals surface area contributed by atoms with Gasteiger partial charge < -0.3 is 4.57 Å². The van der Waals surface area contributed by atoms with E-state index in [2.05, 4.69) is 9.97 Å². The van der Waals surface area contributed by atoms with Gasteiger partial charge in [0.15, 0.2) is 0 Å². The first-order valence-electron chi connectivity index (χ1n) is 4.81. The molecule has 0 amide bonds. The van der Waals surface area contributed by atoms with Gasteiger partial charge in [0.2, 0.25) is 0 Å². The predicted molar refractivity (Wildman–Crippen MR) is 57.2 cm³/mol. The Balaban J connectivity index is 0.000000202. The highest BCUT2D eigenvalue weighted by Gasteiger charge is 2.31. The number of hydrogen-bond donors (Lipinski definition) is 0. The normalized spacial score (nSPS) is 10.6. The summed E-state index contributed by atoms with van der Waals surface area (Å²) in [5.74, 6) is 0. The summed E-state index contributed by atoms with van der Waals surface area (Å²) in [6.45, 7) is 1.59. The summed E-state index contributed by atoms with van der Waals surface area (Å²) in [5, 5.41) is 0. The molecule has 2 rings (SSSR count). The molecule has 0 unspecified atom stereocenters. The van der Waals surface area contributed by atoms with Gasteiger partial charge in [-0.25, -0.2) is 4.98 Å². The molecular formula is C11H12F3N3. The van der Waals surface area contributed by atoms with Crippen LogP contribution in [0.3, 0.4) is 0 Å². The Morgan fingerprint density at radius 1 is 1.24 bits per heavy atom. The molecule has 0 aliphatic heterocycles. The summed E-state index contributed by atoms with van der Waals surface area (Å²) >= 11 is 0. The molecular weight excluding hydrogens is 231 g/mol. The third-order valence-electron chi connectivity index (χ3n) is 1.84. The van der Waals surface area contributed by atoms with Gasteiger partial charge in [0.25, 0.3) is 0 Å². The molecule has 0 bridgehead atoms. The maximum Gasteiger partial charge on any atom is 0.433 e. The summed E-state index contributed by atoms with van der Waals surface area (Å²) in [5.41, 5.74) is -0.273. The summed E-state index contributed by atoms with van der Waals surface area (Å²) in [7, 11) is 1.94. The summed E-state index contributed by atoms with van der Waals surface area (Å²) < 4.78 is 37.6. The topological polar surface area (TPSA) is 30.7 Å². The van der Waals surface area contributed by atoms with Crippen LogP contribution in [-0.4, -0.2) is 14.5 Å². The lowest BCUT2D eigenvalue weighted by Gasteiger charge is -2.04. The van der Waals surface area contributed by atoms with Crippen molar-refractivity contribution in [3.05, 3.63) is 48.3 Å². The van der Waals surface area contributed by atoms with Gasteiger partial charge in [-0.2, -0.15) is 13.2 Å². The molecule has 17 heavy (non-hydrogen) atoms. The monoisotopic (exact) mass is 243 g/mol. The molecule has 2 aromatic heterocycles. The van der Waals surface area contributed by atoms with Crippen molar-refractivity contribution in [1.29, 1.82) is 0 Å². The smallest absolute Gasteiger partial charge is 0.341 e. The molecule has 0 aliphatic carbocycles. The van der Waals surface area contributed by atoms with E-state index in [4.69, 9.17) is 0 Å². The van der Waals surface area contributed by atoms with Crippen LogP contribution in [-0.2, 0) is 13.2 Å². The zero-order chi connectivity index (χ0) is 12.9. The fourth-order valence-corrected chi connectivity index (χ4v) is 1.02. The molecule has 0 aromatic carbocycles. The van der Waals surface area contributed by atoms with Gasteiger partial charge in [-0.1, -0.05) is 0 Å². The van der Waals surface area contributed by atoms with Gasteiger partial charge in [-0.15, -0.1) is 0 Å². The van der Waals surface area contributed by atoms with Gasteiger partial charge in [0.1, 0.15) is 5.69 Å². The van der Waals surface area contributed by atoms with E-state index in [1.165, 1.54) is 6.07 Å². The van der Waals surface area contributed by atoms with Crippen molar-refractivity contribution in [3.63, 3.8) is 0 Å². The van der Waals surface area contributed by atoms with Gasteiger partial charge >= 0.3 is 6.18 Å². The Morgan fingerprint density at radius 2 is 1.94 bits per heavy atom. The number of pyridine rings is 1. The highest BCUT2D eigenvalue weighted by atomic mass is 19.4. The Morgan fingerprint density at radius 3 is 2.24 bits per heavy atom. The highest BCUT2D eigenvalue weighted by Crippen LogP contribution is 2.27. The standard InChI is InChI=1S/C7H6F3N.C4H6N2/c1-5-2-3-11-6(4-5)7(8,9)10;1-6-3-2-5-4-6/h2-4H,1H3;2-4H,1H3. The zero-order valence-electron chi connectivity index (χ0n) is 9.44. The third-order valence-corrected chi connectivity index (χ3v) is 1.84. The first-order valence-corrected chi connectivity index (χ1v) is 4.81. The van der Waals surface area contributed by atoms with Crippen molar-refractivity contribution in [2.75, 3.05) is 0 Å². The second kappa shape index (κ2) is 5.47. The maximum atomic E-state index is 11.9. The van der Waals surface area contributed by atoms with Gasteiger partial charge in [0.05, 0.1) is 6.33 Å². The molecule has 0 radical (unpaired) electrons. The van der Waals surface area contributed by atoms with Crippen molar-refractivity contribution < 1.29 is 13.2 Å². The number of aromatic nitrogens is 3. The summed E-state index contributed by atoms with van der Waals surface area (Å²) in [6.07, 6.45) is 2.21. The van der Waals surface area contributed by atoms with Crippen molar-refractivity contribution in [3.8, 4) is 0 Å². The largest absolute Gasteiger partial charge is 0.433 e. The molecule has 92 valence electrons. The number of alkyl halides is 3. The molecule has 0 fully saturated rings. The van der Waals surface area contributed by atoms with Crippen molar-refractivity contribution in [2.24, 2.45) is 7.05 Å². The minimum Gasteiger partial charge on any atom is -0.341 e. The van der Waals surface area contributed by atoms with E-state index in [9.17, 15) is 13.2 Å². The number of imidazole rings is 1. The van der Waals surface area contributed by atoms with Crippen LogP contribution in [0.2, 0.25) is 0 Å². The second-order valence-electron chi connectivity index (χ2n) is 3.44. The lowest BCUT2D eigenvalue weighted by atomic mass is 10.2. The first kappa shape index (κ1) is 13.2. The average Bonchev–Trinajstić information content (AvgIpc) is 2.69. The minimum atomic E-state index is -4.33. The van der Waals surface area contributed by atoms with E-state index in [-0.39, 0.29) is 0 Å². The molecule has 0 aliphatic rings. The number of halogens is 3. The minimum absolute atomic E-state index is 0.562. The zero-order valence-corrected chi connectivity index (χ0v) is 9.44. The Hall–Kier alpha value is -1.85. The summed E-state index contributed by atoms with van der Waals surface area (Å²) in [6, 6.07) is 2.54. The fourth-order valence-electron chi connectivity index (χ4n) is 1.02. The van der Waals surface area contributed by atoms with Gasteiger partial charge in [-0.3, -0.25) is 4.98 Å². The lowest BCUT2D eigenvalue weighted by molar-refractivity contribution is -0.141. The van der Waals surface area contributed by atoms with Crippen LogP contribution < -0.4 is 0 Å². The molecule has 6 heteroatoms.